The zero-order valence-corrected chi connectivity index (χ0v) is 23.4. The van der Waals surface area contributed by atoms with Gasteiger partial charge in [0.1, 0.15) is 11.4 Å². The van der Waals surface area contributed by atoms with Crippen LogP contribution in [0.1, 0.15) is 24.8 Å². The zero-order chi connectivity index (χ0) is 29.2. The van der Waals surface area contributed by atoms with E-state index in [1.165, 1.54) is 29.3 Å². The lowest BCUT2D eigenvalue weighted by molar-refractivity contribution is 0.151. The molecule has 2 aromatic carbocycles. The molecule has 8 nitrogen and oxygen atoms in total. The molecule has 0 saturated carbocycles. The van der Waals surface area contributed by atoms with Crippen LogP contribution in [0.25, 0.3) is 28.1 Å². The number of nitrogens with zero attached hydrogens (tertiary/aromatic N) is 5. The van der Waals surface area contributed by atoms with Crippen LogP contribution in [0.4, 0.5) is 28.9 Å². The number of anilines is 2. The maximum Gasteiger partial charge on any atom is 0.263 e. The van der Waals surface area contributed by atoms with Gasteiger partial charge in [0.15, 0.2) is 22.8 Å². The first-order valence-electron chi connectivity index (χ1n) is 13.7. The molecular formula is C29H29F4N7OS. The van der Waals surface area contributed by atoms with Gasteiger partial charge >= 0.3 is 0 Å². The lowest BCUT2D eigenvalue weighted by Crippen LogP contribution is -2.43. The third kappa shape index (κ3) is 5.76. The first-order chi connectivity index (χ1) is 20.4. The summed E-state index contributed by atoms with van der Waals surface area (Å²) in [6.07, 6.45) is 3.25. The molecule has 2 fully saturated rings. The van der Waals surface area contributed by atoms with Gasteiger partial charge in [-0.25, -0.2) is 30.8 Å². The lowest BCUT2D eigenvalue weighted by atomic mass is 9.99. The summed E-state index contributed by atoms with van der Waals surface area (Å²) in [5.74, 6) is -1.40. The summed E-state index contributed by atoms with van der Waals surface area (Å²) in [7, 11) is 0. The largest absolute Gasteiger partial charge is 0.369 e. The highest BCUT2D eigenvalue weighted by molar-refractivity contribution is 7.84. The number of aromatic nitrogens is 3. The van der Waals surface area contributed by atoms with E-state index in [4.69, 9.17) is 0 Å². The molecule has 2 aliphatic rings. The Balaban J connectivity index is 1.45. The van der Waals surface area contributed by atoms with Gasteiger partial charge in [-0.2, -0.15) is 5.10 Å². The number of pyridine rings is 1. The van der Waals surface area contributed by atoms with Crippen LogP contribution in [0.2, 0.25) is 0 Å². The van der Waals surface area contributed by atoms with Crippen LogP contribution in [0.5, 0.6) is 0 Å². The van der Waals surface area contributed by atoms with E-state index in [1.54, 1.807) is 28.6 Å². The summed E-state index contributed by atoms with van der Waals surface area (Å²) >= 11 is -1.80. The number of hydrogen-bond acceptors (Lipinski definition) is 5. The minimum Gasteiger partial charge on any atom is -0.369 e. The van der Waals surface area contributed by atoms with Crippen LogP contribution >= 0.6 is 0 Å². The van der Waals surface area contributed by atoms with E-state index in [2.05, 4.69) is 25.0 Å². The van der Waals surface area contributed by atoms with Gasteiger partial charge in [0.05, 0.1) is 5.69 Å². The minimum absolute atomic E-state index is 0.120. The third-order valence-electron chi connectivity index (χ3n) is 7.46. The molecule has 0 aliphatic carbocycles. The van der Waals surface area contributed by atoms with Crippen LogP contribution in [-0.2, 0) is 11.2 Å². The summed E-state index contributed by atoms with van der Waals surface area (Å²) in [6.45, 7) is 4.20. The molecule has 4 heterocycles. The Morgan fingerprint density at radius 2 is 1.67 bits per heavy atom. The van der Waals surface area contributed by atoms with Crippen molar-refractivity contribution in [3.63, 3.8) is 0 Å². The number of alkyl halides is 2. The Hall–Kier alpha value is -3.81. The summed E-state index contributed by atoms with van der Waals surface area (Å²) < 4.78 is 78.0. The Morgan fingerprint density at radius 3 is 2.36 bits per heavy atom. The number of benzene rings is 2. The van der Waals surface area contributed by atoms with Crippen molar-refractivity contribution in [1.29, 1.82) is 0 Å². The number of rotatable bonds is 8. The molecule has 42 heavy (non-hydrogen) atoms. The van der Waals surface area contributed by atoms with Gasteiger partial charge in [-0.15, -0.1) is 0 Å². The molecule has 0 bridgehead atoms. The molecule has 13 heteroatoms. The maximum absolute atomic E-state index is 16.1. The maximum atomic E-state index is 16.1. The lowest BCUT2D eigenvalue weighted by Gasteiger charge is -2.29. The van der Waals surface area contributed by atoms with Crippen molar-refractivity contribution in [1.82, 2.24) is 24.4 Å². The molecule has 1 atom stereocenters. The molecule has 2 aliphatic heterocycles. The monoisotopic (exact) mass is 599 g/mol. The van der Waals surface area contributed by atoms with Crippen LogP contribution in [-0.4, -0.2) is 62.5 Å². The Labute approximate surface area is 243 Å². The fraction of sp³-hybridized carbons (Fsp3) is 0.310. The molecule has 4 aromatic rings. The van der Waals surface area contributed by atoms with Gasteiger partial charge in [0.25, 0.3) is 6.43 Å². The third-order valence-corrected chi connectivity index (χ3v) is 8.69. The number of nitrogens with one attached hydrogen (secondary N) is 2. The Bertz CT molecular complexity index is 1590. The van der Waals surface area contributed by atoms with Crippen molar-refractivity contribution in [3.8, 4) is 28.1 Å². The van der Waals surface area contributed by atoms with Gasteiger partial charge in [-0.05, 0) is 55.3 Å². The van der Waals surface area contributed by atoms with Crippen molar-refractivity contribution in [2.24, 2.45) is 0 Å². The molecule has 0 radical (unpaired) electrons. The molecule has 0 spiro atoms. The van der Waals surface area contributed by atoms with Crippen LogP contribution < -0.4 is 14.9 Å². The average Bonchev–Trinajstić information content (AvgIpc) is 3.70. The van der Waals surface area contributed by atoms with Crippen molar-refractivity contribution < 1.29 is 21.8 Å². The highest BCUT2D eigenvalue weighted by Gasteiger charge is 2.25. The predicted octanol–water partition coefficient (Wildman–Crippen LogP) is 5.31. The highest BCUT2D eigenvalue weighted by Crippen LogP contribution is 2.39. The van der Waals surface area contributed by atoms with Crippen LogP contribution in [0.15, 0.2) is 61.1 Å². The molecule has 6 rings (SSSR count). The molecular weight excluding hydrogens is 570 g/mol. The van der Waals surface area contributed by atoms with Gasteiger partial charge in [0, 0.05) is 85.8 Å². The first-order valence-corrected chi connectivity index (χ1v) is 14.8. The van der Waals surface area contributed by atoms with Gasteiger partial charge in [-0.1, -0.05) is 0 Å². The van der Waals surface area contributed by atoms with Gasteiger partial charge < -0.3 is 10.2 Å². The molecule has 2 saturated heterocycles. The molecule has 2 aromatic heterocycles. The topological polar surface area (TPSA) is 78.3 Å². The molecule has 1 unspecified atom stereocenters. The van der Waals surface area contributed by atoms with E-state index in [0.717, 1.165) is 56.8 Å². The van der Waals surface area contributed by atoms with E-state index < -0.39 is 34.8 Å². The van der Waals surface area contributed by atoms with Gasteiger partial charge in [-0.3, -0.25) is 9.71 Å². The predicted molar refractivity (Wildman–Crippen MR) is 155 cm³/mol. The number of hydrogen-bond donors (Lipinski definition) is 2. The van der Waals surface area contributed by atoms with Crippen LogP contribution in [0, 0.1) is 11.6 Å². The zero-order valence-electron chi connectivity index (χ0n) is 22.6. The summed E-state index contributed by atoms with van der Waals surface area (Å²) in [6, 6.07) is 10.2. The minimum atomic E-state index is -2.92. The number of piperazine rings is 1. The summed E-state index contributed by atoms with van der Waals surface area (Å²) in [4.78, 5) is 6.10. The van der Waals surface area contributed by atoms with Crippen molar-refractivity contribution in [3.05, 3.63) is 78.3 Å². The van der Waals surface area contributed by atoms with E-state index in [0.29, 0.717) is 18.7 Å². The fourth-order valence-electron chi connectivity index (χ4n) is 5.27. The molecule has 2 N–H and O–H groups in total. The summed E-state index contributed by atoms with van der Waals surface area (Å²) in [5.41, 5.74) is 0.867. The Morgan fingerprint density at radius 1 is 0.929 bits per heavy atom. The summed E-state index contributed by atoms with van der Waals surface area (Å²) in [5, 5.41) is 7.85. The quantitative estimate of drug-likeness (QED) is 0.269. The standard InChI is InChI=1S/C29H29F4N7OS/c30-24-17-21(38-13-9-35-10-14-38)3-4-26(24)40-18-23(28(36-40)19-5-7-34-8-6-19)22-15-20(29(32)33)16-25(27(22)31)37-42(41)39-11-1-2-12-39/h3-8,15-18,29,35,37H,1-2,9-14H2. The van der Waals surface area contributed by atoms with E-state index in [-0.39, 0.29) is 28.2 Å². The van der Waals surface area contributed by atoms with Gasteiger partial charge in [0.2, 0.25) is 0 Å². The second-order valence-corrected chi connectivity index (χ2v) is 11.4. The highest BCUT2D eigenvalue weighted by atomic mass is 32.2. The van der Waals surface area contributed by atoms with Crippen molar-refractivity contribution in [2.45, 2.75) is 19.3 Å². The van der Waals surface area contributed by atoms with E-state index >= 15 is 8.78 Å². The average molecular weight is 600 g/mol. The van der Waals surface area contributed by atoms with E-state index in [1.807, 2.05) is 0 Å². The molecule has 0 amide bonds. The second-order valence-electron chi connectivity index (χ2n) is 10.2. The van der Waals surface area contributed by atoms with Crippen LogP contribution in [0.3, 0.4) is 0 Å². The normalized spacial score (nSPS) is 16.7. The van der Waals surface area contributed by atoms with E-state index in [9.17, 15) is 13.0 Å². The SMILES string of the molecule is O=S(Nc1cc(C(F)F)cc(-c2cn(-c3ccc(N4CCNCC4)cc3F)nc2-c2ccncc2)c1F)N1CCCC1. The Kier molecular flexibility index (Phi) is 8.22. The fourth-order valence-corrected chi connectivity index (χ4v) is 6.33. The first kappa shape index (κ1) is 28.3. The van der Waals surface area contributed by atoms with Crippen molar-refractivity contribution >= 4 is 22.5 Å². The smallest absolute Gasteiger partial charge is 0.263 e. The number of halogens is 4. The second kappa shape index (κ2) is 12.2. The van der Waals surface area contributed by atoms with Crippen molar-refractivity contribution in [2.75, 3.05) is 48.9 Å². The molecule has 220 valence electrons.